The van der Waals surface area contributed by atoms with E-state index in [-0.39, 0.29) is 17.5 Å². The number of esters is 1. The Balaban J connectivity index is 1.96. The van der Waals surface area contributed by atoms with Crippen LogP contribution in [0.1, 0.15) is 34.0 Å². The summed E-state index contributed by atoms with van der Waals surface area (Å²) in [6.45, 7) is 3.86. The van der Waals surface area contributed by atoms with Gasteiger partial charge in [-0.05, 0) is 38.0 Å². The van der Waals surface area contributed by atoms with Crippen LogP contribution in [-0.4, -0.2) is 17.0 Å². The van der Waals surface area contributed by atoms with Gasteiger partial charge in [0.25, 0.3) is 0 Å². The lowest BCUT2D eigenvalue weighted by Crippen LogP contribution is -2.28. The molecule has 0 aliphatic rings. The molecular weight excluding hydrogens is 300 g/mol. The summed E-state index contributed by atoms with van der Waals surface area (Å²) in [6.07, 6.45) is 0.457. The minimum absolute atomic E-state index is 0.244. The number of hydrogen-bond acceptors (Lipinski definition) is 4. The average molecular weight is 318 g/mol. The zero-order chi connectivity index (χ0) is 16.2. The summed E-state index contributed by atoms with van der Waals surface area (Å²) in [5, 5.41) is 8.93. The number of carbonyl (C=O) groups excluding carboxylic acids is 1. The van der Waals surface area contributed by atoms with Crippen molar-refractivity contribution in [1.29, 1.82) is 0 Å². The molecule has 0 aliphatic carbocycles. The molecule has 0 saturated heterocycles. The van der Waals surface area contributed by atoms with Crippen LogP contribution in [0.2, 0.25) is 0 Å². The molecule has 4 nitrogen and oxygen atoms in total. The maximum atomic E-state index is 12.2. The van der Waals surface area contributed by atoms with Gasteiger partial charge in [-0.2, -0.15) is 0 Å². The SMILES string of the molecule is CC(C)(Cc1ccc(C(=O)O)s1)C(=O)OCc1ccccc1. The highest BCUT2D eigenvalue weighted by Gasteiger charge is 2.30. The quantitative estimate of drug-likeness (QED) is 0.824. The molecule has 0 unspecified atom stereocenters. The lowest BCUT2D eigenvalue weighted by molar-refractivity contribution is -0.155. The highest BCUT2D eigenvalue weighted by Crippen LogP contribution is 2.28. The summed E-state index contributed by atoms with van der Waals surface area (Å²) in [5.74, 6) is -1.23. The Labute approximate surface area is 133 Å². The smallest absolute Gasteiger partial charge is 0.345 e. The number of hydrogen-bond donors (Lipinski definition) is 1. The van der Waals surface area contributed by atoms with Crippen LogP contribution in [-0.2, 0) is 22.6 Å². The van der Waals surface area contributed by atoms with Crippen molar-refractivity contribution >= 4 is 23.3 Å². The third-order valence-electron chi connectivity index (χ3n) is 3.25. The van der Waals surface area contributed by atoms with E-state index in [0.717, 1.165) is 10.4 Å². The minimum Gasteiger partial charge on any atom is -0.477 e. The minimum atomic E-state index is -0.944. The van der Waals surface area contributed by atoms with E-state index in [4.69, 9.17) is 9.84 Å². The van der Waals surface area contributed by atoms with E-state index in [1.54, 1.807) is 26.0 Å². The fourth-order valence-electron chi connectivity index (χ4n) is 2.01. The van der Waals surface area contributed by atoms with E-state index < -0.39 is 11.4 Å². The van der Waals surface area contributed by atoms with Gasteiger partial charge in [0.15, 0.2) is 0 Å². The number of carboxylic acid groups (broad SMARTS) is 1. The van der Waals surface area contributed by atoms with Crippen LogP contribution in [0.25, 0.3) is 0 Å². The van der Waals surface area contributed by atoms with Gasteiger partial charge in [0.05, 0.1) is 5.41 Å². The Morgan fingerprint density at radius 2 is 1.82 bits per heavy atom. The first kappa shape index (κ1) is 16.2. The molecule has 0 radical (unpaired) electrons. The summed E-state index contributed by atoms with van der Waals surface area (Å²) in [7, 11) is 0. The first-order chi connectivity index (χ1) is 10.4. The van der Waals surface area contributed by atoms with E-state index >= 15 is 0 Å². The van der Waals surface area contributed by atoms with Crippen LogP contribution in [0, 0.1) is 5.41 Å². The molecule has 0 aliphatic heterocycles. The van der Waals surface area contributed by atoms with Crippen molar-refractivity contribution in [1.82, 2.24) is 0 Å². The van der Waals surface area contributed by atoms with Gasteiger partial charge in [0.1, 0.15) is 11.5 Å². The molecule has 2 rings (SSSR count). The van der Waals surface area contributed by atoms with Crippen LogP contribution in [0.4, 0.5) is 0 Å². The fraction of sp³-hybridized carbons (Fsp3) is 0.294. The maximum absolute atomic E-state index is 12.2. The van der Waals surface area contributed by atoms with Crippen molar-refractivity contribution in [2.45, 2.75) is 26.9 Å². The number of benzene rings is 1. The molecule has 1 aromatic carbocycles. The number of carbonyl (C=O) groups is 2. The predicted octanol–water partition coefficient (Wildman–Crippen LogP) is 3.76. The molecule has 0 saturated carbocycles. The molecule has 1 aromatic heterocycles. The molecule has 0 atom stereocenters. The van der Waals surface area contributed by atoms with Gasteiger partial charge in [0.2, 0.25) is 0 Å². The summed E-state index contributed by atoms with van der Waals surface area (Å²) >= 11 is 1.19. The molecule has 116 valence electrons. The van der Waals surface area contributed by atoms with Gasteiger partial charge in [0, 0.05) is 4.88 Å². The first-order valence-electron chi connectivity index (χ1n) is 6.91. The Hall–Kier alpha value is -2.14. The molecular formula is C17H18O4S. The van der Waals surface area contributed by atoms with Gasteiger partial charge in [-0.15, -0.1) is 11.3 Å². The van der Waals surface area contributed by atoms with Crippen LogP contribution >= 0.6 is 11.3 Å². The zero-order valence-electron chi connectivity index (χ0n) is 12.5. The second kappa shape index (κ2) is 6.75. The molecule has 1 N–H and O–H groups in total. The van der Waals surface area contributed by atoms with E-state index in [1.165, 1.54) is 11.3 Å². The van der Waals surface area contributed by atoms with Crippen molar-refractivity contribution in [3.05, 3.63) is 57.8 Å². The predicted molar refractivity (Wildman–Crippen MR) is 85.0 cm³/mol. The number of thiophene rings is 1. The summed E-state index contributed by atoms with van der Waals surface area (Å²) in [4.78, 5) is 24.3. The van der Waals surface area contributed by atoms with Crippen molar-refractivity contribution in [3.63, 3.8) is 0 Å². The van der Waals surface area contributed by atoms with Crippen LogP contribution in [0.15, 0.2) is 42.5 Å². The van der Waals surface area contributed by atoms with E-state index in [9.17, 15) is 9.59 Å². The normalized spacial score (nSPS) is 11.2. The molecule has 0 fully saturated rings. The number of carboxylic acids is 1. The van der Waals surface area contributed by atoms with Gasteiger partial charge in [-0.25, -0.2) is 4.79 Å². The molecule has 1 heterocycles. The molecule has 2 aromatic rings. The van der Waals surface area contributed by atoms with E-state index in [2.05, 4.69) is 0 Å². The van der Waals surface area contributed by atoms with Crippen molar-refractivity contribution in [2.75, 3.05) is 0 Å². The largest absolute Gasteiger partial charge is 0.477 e. The number of ether oxygens (including phenoxy) is 1. The maximum Gasteiger partial charge on any atom is 0.345 e. The van der Waals surface area contributed by atoms with Gasteiger partial charge >= 0.3 is 11.9 Å². The van der Waals surface area contributed by atoms with Gasteiger partial charge in [-0.1, -0.05) is 30.3 Å². The lowest BCUT2D eigenvalue weighted by atomic mass is 9.89. The highest BCUT2D eigenvalue weighted by atomic mass is 32.1. The van der Waals surface area contributed by atoms with Crippen molar-refractivity contribution in [2.24, 2.45) is 5.41 Å². The Morgan fingerprint density at radius 3 is 2.41 bits per heavy atom. The summed E-state index contributed by atoms with van der Waals surface area (Å²) in [5.41, 5.74) is 0.242. The Bertz CT molecular complexity index is 658. The number of aromatic carboxylic acids is 1. The number of rotatable bonds is 6. The molecule has 5 heteroatoms. The zero-order valence-corrected chi connectivity index (χ0v) is 13.4. The topological polar surface area (TPSA) is 63.6 Å². The second-order valence-electron chi connectivity index (χ2n) is 5.69. The van der Waals surface area contributed by atoms with Gasteiger partial charge in [-0.3, -0.25) is 4.79 Å². The van der Waals surface area contributed by atoms with E-state index in [0.29, 0.717) is 6.42 Å². The first-order valence-corrected chi connectivity index (χ1v) is 7.73. The van der Waals surface area contributed by atoms with E-state index in [1.807, 2.05) is 30.3 Å². The highest BCUT2D eigenvalue weighted by molar-refractivity contribution is 7.13. The van der Waals surface area contributed by atoms with Crippen LogP contribution in [0.3, 0.4) is 0 Å². The monoisotopic (exact) mass is 318 g/mol. The summed E-state index contributed by atoms with van der Waals surface area (Å²) in [6, 6.07) is 12.8. The molecule has 0 bridgehead atoms. The van der Waals surface area contributed by atoms with Crippen molar-refractivity contribution < 1.29 is 19.4 Å². The third kappa shape index (κ3) is 4.18. The van der Waals surface area contributed by atoms with Crippen LogP contribution in [0.5, 0.6) is 0 Å². The Kier molecular flexibility index (Phi) is 4.98. The third-order valence-corrected chi connectivity index (χ3v) is 4.33. The fourth-order valence-corrected chi connectivity index (χ4v) is 3.09. The summed E-state index contributed by atoms with van der Waals surface area (Å²) < 4.78 is 5.37. The second-order valence-corrected chi connectivity index (χ2v) is 6.86. The lowest BCUT2D eigenvalue weighted by Gasteiger charge is -2.21. The molecule has 0 amide bonds. The standard InChI is InChI=1S/C17H18O4S/c1-17(2,10-13-8-9-14(22-13)15(18)19)16(20)21-11-12-6-4-3-5-7-12/h3-9H,10-11H2,1-2H3,(H,18,19). The van der Waals surface area contributed by atoms with Gasteiger partial charge < -0.3 is 9.84 Å². The van der Waals surface area contributed by atoms with Crippen molar-refractivity contribution in [3.8, 4) is 0 Å². The molecule has 0 spiro atoms. The average Bonchev–Trinajstić information content (AvgIpc) is 2.93. The molecule has 22 heavy (non-hydrogen) atoms. The van der Waals surface area contributed by atoms with Crippen LogP contribution < -0.4 is 0 Å². The Morgan fingerprint density at radius 1 is 1.14 bits per heavy atom.